The van der Waals surface area contributed by atoms with Gasteiger partial charge in [0.25, 0.3) is 0 Å². The summed E-state index contributed by atoms with van der Waals surface area (Å²) in [6, 6.07) is 9.72. The van der Waals surface area contributed by atoms with Crippen LogP contribution in [-0.2, 0) is 11.2 Å². The number of aromatic nitrogens is 1. The van der Waals surface area contributed by atoms with Crippen LogP contribution in [0.1, 0.15) is 18.5 Å². The molecular weight excluding hydrogens is 222 g/mol. The van der Waals surface area contributed by atoms with Crippen LogP contribution in [0.25, 0.3) is 10.9 Å². The molecule has 0 saturated carbocycles. The normalized spacial score (nSPS) is 10.6. The third kappa shape index (κ3) is 2.58. The number of aldehydes is 1. The second-order valence-electron chi connectivity index (χ2n) is 3.70. The Labute approximate surface area is 99.3 Å². The zero-order valence-corrected chi connectivity index (χ0v) is 9.57. The molecule has 1 aromatic carbocycles. The lowest BCUT2D eigenvalue weighted by Gasteiger charge is -2.02. The van der Waals surface area contributed by atoms with Crippen molar-refractivity contribution in [2.24, 2.45) is 0 Å². The van der Waals surface area contributed by atoms with Crippen molar-refractivity contribution in [2.75, 3.05) is 0 Å². The van der Waals surface area contributed by atoms with Gasteiger partial charge in [-0.1, -0.05) is 23.7 Å². The second kappa shape index (κ2) is 5.08. The van der Waals surface area contributed by atoms with Gasteiger partial charge in [-0.15, -0.1) is 0 Å². The molecule has 0 spiro atoms. The van der Waals surface area contributed by atoms with Crippen LogP contribution in [0.5, 0.6) is 0 Å². The van der Waals surface area contributed by atoms with E-state index >= 15 is 0 Å². The third-order valence-corrected chi connectivity index (χ3v) is 2.70. The quantitative estimate of drug-likeness (QED) is 0.598. The molecule has 1 aromatic heterocycles. The highest BCUT2D eigenvalue weighted by atomic mass is 35.5. The predicted octanol–water partition coefficient (Wildman–Crippen LogP) is 3.41. The monoisotopic (exact) mass is 233 g/mol. The van der Waals surface area contributed by atoms with Gasteiger partial charge in [-0.05, 0) is 31.0 Å². The molecule has 0 aliphatic carbocycles. The van der Waals surface area contributed by atoms with E-state index in [1.54, 1.807) is 0 Å². The number of hydrogen-bond acceptors (Lipinski definition) is 2. The second-order valence-corrected chi connectivity index (χ2v) is 4.13. The molecule has 2 rings (SSSR count). The number of benzene rings is 1. The molecule has 82 valence electrons. The average Bonchev–Trinajstić information content (AvgIpc) is 2.29. The summed E-state index contributed by atoms with van der Waals surface area (Å²) in [5, 5.41) is 1.79. The number of unbranched alkanes of at least 4 members (excludes halogenated alkanes) is 1. The number of fused-ring (bicyclic) bond motifs is 1. The molecule has 0 unspecified atom stereocenters. The summed E-state index contributed by atoms with van der Waals surface area (Å²) >= 11 is 5.91. The molecule has 3 heteroatoms. The fourth-order valence-corrected chi connectivity index (χ4v) is 1.80. The largest absolute Gasteiger partial charge is 0.303 e. The van der Waals surface area contributed by atoms with E-state index in [1.165, 1.54) is 0 Å². The molecular formula is C13H12ClNO. The Balaban J connectivity index is 2.24. The highest BCUT2D eigenvalue weighted by molar-refractivity contribution is 6.31. The Bertz CT molecular complexity index is 510. The van der Waals surface area contributed by atoms with Gasteiger partial charge in [0.15, 0.2) is 0 Å². The molecule has 0 saturated heterocycles. The number of nitrogens with zero attached hydrogens (tertiary/aromatic N) is 1. The smallest absolute Gasteiger partial charge is 0.120 e. The summed E-state index contributed by atoms with van der Waals surface area (Å²) in [4.78, 5) is 14.7. The van der Waals surface area contributed by atoms with Crippen molar-refractivity contribution < 1.29 is 4.79 Å². The molecule has 2 aromatic rings. The summed E-state index contributed by atoms with van der Waals surface area (Å²) in [7, 11) is 0. The molecule has 0 aliphatic rings. The summed E-state index contributed by atoms with van der Waals surface area (Å²) in [6.07, 6.45) is 3.22. The molecule has 0 aliphatic heterocycles. The minimum absolute atomic E-state index is 0.593. The van der Waals surface area contributed by atoms with E-state index in [4.69, 9.17) is 11.6 Å². The highest BCUT2D eigenvalue weighted by Crippen LogP contribution is 2.18. The summed E-state index contributed by atoms with van der Waals surface area (Å²) in [6.45, 7) is 0. The van der Waals surface area contributed by atoms with E-state index in [1.807, 2.05) is 30.3 Å². The van der Waals surface area contributed by atoms with Crippen molar-refractivity contribution >= 4 is 28.8 Å². The molecule has 0 bridgehead atoms. The van der Waals surface area contributed by atoms with Gasteiger partial charge < -0.3 is 4.79 Å². The van der Waals surface area contributed by atoms with Crippen molar-refractivity contribution in [2.45, 2.75) is 19.3 Å². The van der Waals surface area contributed by atoms with Crippen molar-refractivity contribution in [3.8, 4) is 0 Å². The number of pyridine rings is 1. The van der Waals surface area contributed by atoms with Crippen molar-refractivity contribution in [1.29, 1.82) is 0 Å². The topological polar surface area (TPSA) is 30.0 Å². The van der Waals surface area contributed by atoms with E-state index in [0.717, 1.165) is 35.7 Å². The Kier molecular flexibility index (Phi) is 3.52. The molecule has 0 atom stereocenters. The predicted molar refractivity (Wildman–Crippen MR) is 65.8 cm³/mol. The van der Waals surface area contributed by atoms with E-state index in [-0.39, 0.29) is 0 Å². The number of halogens is 1. The van der Waals surface area contributed by atoms with E-state index in [9.17, 15) is 4.79 Å². The van der Waals surface area contributed by atoms with E-state index in [2.05, 4.69) is 4.98 Å². The van der Waals surface area contributed by atoms with E-state index in [0.29, 0.717) is 11.4 Å². The molecule has 16 heavy (non-hydrogen) atoms. The molecule has 0 N–H and O–H groups in total. The molecule has 0 fully saturated rings. The Morgan fingerprint density at radius 1 is 1.25 bits per heavy atom. The first kappa shape index (κ1) is 11.1. The molecule has 2 nitrogen and oxygen atoms in total. The first-order chi connectivity index (χ1) is 7.79. The Hall–Kier alpha value is -1.41. The Morgan fingerprint density at radius 3 is 2.88 bits per heavy atom. The summed E-state index contributed by atoms with van der Waals surface area (Å²) < 4.78 is 0. The van der Waals surface area contributed by atoms with Crippen LogP contribution in [0.15, 0.2) is 30.3 Å². The van der Waals surface area contributed by atoms with Gasteiger partial charge in [-0.3, -0.25) is 4.98 Å². The fraction of sp³-hybridized carbons (Fsp3) is 0.231. The lowest BCUT2D eigenvalue weighted by molar-refractivity contribution is -0.107. The van der Waals surface area contributed by atoms with Crippen molar-refractivity contribution in [1.82, 2.24) is 4.98 Å². The minimum atomic E-state index is 0.593. The van der Waals surface area contributed by atoms with E-state index < -0.39 is 0 Å². The molecule has 0 radical (unpaired) electrons. The lowest BCUT2D eigenvalue weighted by Crippen LogP contribution is -1.91. The average molecular weight is 234 g/mol. The van der Waals surface area contributed by atoms with Crippen LogP contribution in [0, 0.1) is 0 Å². The lowest BCUT2D eigenvalue weighted by atomic mass is 10.1. The third-order valence-electron chi connectivity index (χ3n) is 2.47. The van der Waals surface area contributed by atoms with Gasteiger partial charge in [0.05, 0.1) is 5.52 Å². The Morgan fingerprint density at radius 2 is 2.06 bits per heavy atom. The number of rotatable bonds is 4. The molecule has 1 heterocycles. The van der Waals surface area contributed by atoms with Gasteiger partial charge in [0, 0.05) is 22.5 Å². The maximum Gasteiger partial charge on any atom is 0.120 e. The van der Waals surface area contributed by atoms with Crippen LogP contribution >= 0.6 is 11.6 Å². The zero-order chi connectivity index (χ0) is 11.4. The molecule has 0 amide bonds. The van der Waals surface area contributed by atoms with Crippen molar-refractivity contribution in [3.05, 3.63) is 41.0 Å². The van der Waals surface area contributed by atoms with Crippen LogP contribution in [0.4, 0.5) is 0 Å². The number of carbonyl (C=O) groups is 1. The minimum Gasteiger partial charge on any atom is -0.303 e. The summed E-state index contributed by atoms with van der Waals surface area (Å²) in [5.41, 5.74) is 1.92. The summed E-state index contributed by atoms with van der Waals surface area (Å²) in [5.74, 6) is 0. The van der Waals surface area contributed by atoms with Gasteiger partial charge in [0.1, 0.15) is 6.29 Å². The first-order valence-electron chi connectivity index (χ1n) is 5.28. The first-order valence-corrected chi connectivity index (χ1v) is 5.66. The highest BCUT2D eigenvalue weighted by Gasteiger charge is 1.99. The maximum atomic E-state index is 10.2. The fourth-order valence-electron chi connectivity index (χ4n) is 1.64. The van der Waals surface area contributed by atoms with Gasteiger partial charge in [-0.25, -0.2) is 0 Å². The number of aryl methyl sites for hydroxylation is 1. The SMILES string of the molecule is O=CCCCc1ccc2ccc(Cl)cc2n1. The van der Waals surface area contributed by atoms with Crippen LogP contribution in [0.3, 0.4) is 0 Å². The maximum absolute atomic E-state index is 10.2. The zero-order valence-electron chi connectivity index (χ0n) is 8.82. The van der Waals surface area contributed by atoms with Gasteiger partial charge in [0.2, 0.25) is 0 Å². The van der Waals surface area contributed by atoms with Gasteiger partial charge >= 0.3 is 0 Å². The standard InChI is InChI=1S/C13H12ClNO/c14-11-6-4-10-5-7-12(3-1-2-8-16)15-13(10)9-11/h4-9H,1-3H2. The van der Waals surface area contributed by atoms with Gasteiger partial charge in [-0.2, -0.15) is 0 Å². The number of carbonyl (C=O) groups excluding carboxylic acids is 1. The van der Waals surface area contributed by atoms with Crippen LogP contribution < -0.4 is 0 Å². The number of hydrogen-bond donors (Lipinski definition) is 0. The van der Waals surface area contributed by atoms with Crippen molar-refractivity contribution in [3.63, 3.8) is 0 Å². The van der Waals surface area contributed by atoms with Crippen LogP contribution in [-0.4, -0.2) is 11.3 Å². The van der Waals surface area contributed by atoms with Crippen LogP contribution in [0.2, 0.25) is 5.02 Å².